The number of hydrogen-bond donors (Lipinski definition) is 1. The van der Waals surface area contributed by atoms with E-state index in [1.165, 1.54) is 36.6 Å². The second-order valence-electron chi connectivity index (χ2n) is 5.78. The zero-order chi connectivity index (χ0) is 17.9. The average Bonchev–Trinajstić information content (AvgIpc) is 2.55. The number of non-ortho nitro benzene ring substituents is 1. The van der Waals surface area contributed by atoms with Crippen molar-refractivity contribution < 1.29 is 18.1 Å². The fraction of sp³-hybridized carbons (Fsp3) is 0.500. The lowest BCUT2D eigenvalue weighted by molar-refractivity contribution is -0.384. The van der Waals surface area contributed by atoms with Gasteiger partial charge in [0.05, 0.1) is 10.8 Å². The first-order valence-corrected chi connectivity index (χ1v) is 8.84. The van der Waals surface area contributed by atoms with E-state index in [1.54, 1.807) is 6.07 Å². The van der Waals surface area contributed by atoms with E-state index in [4.69, 9.17) is 0 Å². The second kappa shape index (κ2) is 7.24. The lowest BCUT2D eigenvalue weighted by Gasteiger charge is -2.32. The summed E-state index contributed by atoms with van der Waals surface area (Å²) in [6.07, 6.45) is 1.15. The molecule has 10 heteroatoms. The van der Waals surface area contributed by atoms with Crippen LogP contribution in [-0.2, 0) is 15.0 Å². The molecule has 1 atom stereocenters. The highest BCUT2D eigenvalue weighted by molar-refractivity contribution is 7.86. The number of benzene rings is 1. The molecule has 0 saturated carbocycles. The van der Waals surface area contributed by atoms with E-state index in [2.05, 4.69) is 5.32 Å². The molecule has 9 nitrogen and oxygen atoms in total. The smallest absolute Gasteiger partial charge is 0.281 e. The lowest BCUT2D eigenvalue weighted by Crippen LogP contribution is -2.47. The van der Waals surface area contributed by atoms with Crippen LogP contribution in [0, 0.1) is 16.0 Å². The van der Waals surface area contributed by atoms with E-state index in [1.807, 2.05) is 0 Å². The van der Waals surface area contributed by atoms with Gasteiger partial charge in [-0.1, -0.05) is 6.07 Å². The molecule has 1 amide bonds. The van der Waals surface area contributed by atoms with Crippen LogP contribution in [0.25, 0.3) is 0 Å². The standard InChI is InChI=1S/C14H20N4O5S/c1-16(2)24(22,23)17-8-4-5-11(10-17)14(19)15-12-6-3-7-13(9-12)18(20)21/h3,6-7,9,11H,4-5,8,10H2,1-2H3,(H,15,19)/t11-/m1/s1. The number of nitro benzene ring substituents is 1. The number of carbonyl (C=O) groups is 1. The van der Waals surface area contributed by atoms with Crippen molar-refractivity contribution in [1.82, 2.24) is 8.61 Å². The monoisotopic (exact) mass is 356 g/mol. The first kappa shape index (κ1) is 18.3. The minimum atomic E-state index is -3.56. The van der Waals surface area contributed by atoms with Crippen molar-refractivity contribution in [3.63, 3.8) is 0 Å². The molecule has 1 fully saturated rings. The molecule has 1 heterocycles. The fourth-order valence-corrected chi connectivity index (χ4v) is 3.73. The maximum atomic E-state index is 12.4. The minimum Gasteiger partial charge on any atom is -0.326 e. The van der Waals surface area contributed by atoms with Crippen LogP contribution in [0.3, 0.4) is 0 Å². The molecule has 1 aliphatic heterocycles. The highest BCUT2D eigenvalue weighted by Gasteiger charge is 2.33. The van der Waals surface area contributed by atoms with Crippen LogP contribution in [0.1, 0.15) is 12.8 Å². The van der Waals surface area contributed by atoms with Crippen LogP contribution in [-0.4, -0.2) is 55.0 Å². The van der Waals surface area contributed by atoms with Crippen LogP contribution in [0.15, 0.2) is 24.3 Å². The van der Waals surface area contributed by atoms with Crippen molar-refractivity contribution in [2.75, 3.05) is 32.5 Å². The van der Waals surface area contributed by atoms with Gasteiger partial charge in [-0.3, -0.25) is 14.9 Å². The summed E-state index contributed by atoms with van der Waals surface area (Å²) in [6, 6.07) is 5.65. The molecule has 1 N–H and O–H groups in total. The topological polar surface area (TPSA) is 113 Å². The molecule has 24 heavy (non-hydrogen) atoms. The molecule has 2 rings (SSSR count). The van der Waals surface area contributed by atoms with Crippen LogP contribution in [0.5, 0.6) is 0 Å². The van der Waals surface area contributed by atoms with Gasteiger partial charge >= 0.3 is 0 Å². The highest BCUT2D eigenvalue weighted by Crippen LogP contribution is 2.23. The molecule has 1 aliphatic rings. The zero-order valence-corrected chi connectivity index (χ0v) is 14.3. The highest BCUT2D eigenvalue weighted by atomic mass is 32.2. The number of nitro groups is 1. The third-order valence-electron chi connectivity index (χ3n) is 3.87. The number of nitrogens with zero attached hydrogens (tertiary/aromatic N) is 3. The molecule has 1 aromatic rings. The molecular formula is C14H20N4O5S. The predicted molar refractivity (Wildman–Crippen MR) is 88.6 cm³/mol. The van der Waals surface area contributed by atoms with Gasteiger partial charge in [-0.05, 0) is 18.9 Å². The average molecular weight is 356 g/mol. The van der Waals surface area contributed by atoms with Gasteiger partial charge in [-0.2, -0.15) is 17.0 Å². The van der Waals surface area contributed by atoms with Crippen molar-refractivity contribution >= 4 is 27.5 Å². The minimum absolute atomic E-state index is 0.0985. The van der Waals surface area contributed by atoms with Gasteiger partial charge in [0, 0.05) is 45.0 Å². The van der Waals surface area contributed by atoms with Gasteiger partial charge in [0.2, 0.25) is 5.91 Å². The fourth-order valence-electron chi connectivity index (χ4n) is 2.54. The van der Waals surface area contributed by atoms with Crippen molar-refractivity contribution in [3.05, 3.63) is 34.4 Å². The molecular weight excluding hydrogens is 336 g/mol. The van der Waals surface area contributed by atoms with Crippen molar-refractivity contribution in [2.24, 2.45) is 5.92 Å². The number of rotatable bonds is 5. The zero-order valence-electron chi connectivity index (χ0n) is 13.5. The summed E-state index contributed by atoms with van der Waals surface area (Å²) in [5, 5.41) is 13.4. The first-order valence-electron chi connectivity index (χ1n) is 7.44. The molecule has 132 valence electrons. The van der Waals surface area contributed by atoms with E-state index in [9.17, 15) is 23.3 Å². The van der Waals surface area contributed by atoms with Crippen LogP contribution < -0.4 is 5.32 Å². The molecule has 0 radical (unpaired) electrons. The Hall–Kier alpha value is -2.04. The summed E-state index contributed by atoms with van der Waals surface area (Å²) >= 11 is 0. The predicted octanol–water partition coefficient (Wildman–Crippen LogP) is 1.05. The number of carbonyl (C=O) groups excluding carboxylic acids is 1. The Balaban J connectivity index is 2.07. The number of hydrogen-bond acceptors (Lipinski definition) is 5. The van der Waals surface area contributed by atoms with E-state index < -0.39 is 21.1 Å². The molecule has 0 bridgehead atoms. The SMILES string of the molecule is CN(C)S(=O)(=O)N1CCC[C@@H](C(=O)Nc2cccc([N+](=O)[O-])c2)C1. The van der Waals surface area contributed by atoms with Crippen LogP contribution in [0.4, 0.5) is 11.4 Å². The largest absolute Gasteiger partial charge is 0.326 e. The first-order chi connectivity index (χ1) is 11.2. The van der Waals surface area contributed by atoms with Gasteiger partial charge in [0.25, 0.3) is 15.9 Å². The van der Waals surface area contributed by atoms with E-state index in [0.29, 0.717) is 25.1 Å². The third-order valence-corrected chi connectivity index (χ3v) is 5.77. The number of amides is 1. The molecule has 0 spiro atoms. The summed E-state index contributed by atoms with van der Waals surface area (Å²) in [5.41, 5.74) is 0.204. The van der Waals surface area contributed by atoms with Gasteiger partial charge in [0.1, 0.15) is 0 Å². The summed E-state index contributed by atoms with van der Waals surface area (Å²) in [4.78, 5) is 22.6. The Labute approximate surface area is 140 Å². The summed E-state index contributed by atoms with van der Waals surface area (Å²) < 4.78 is 26.8. The molecule has 0 aliphatic carbocycles. The van der Waals surface area contributed by atoms with E-state index in [-0.39, 0.29) is 18.1 Å². The Morgan fingerprint density at radius 2 is 2.12 bits per heavy atom. The van der Waals surface area contributed by atoms with Crippen LogP contribution >= 0.6 is 0 Å². The Morgan fingerprint density at radius 3 is 2.75 bits per heavy atom. The van der Waals surface area contributed by atoms with E-state index in [0.717, 1.165) is 4.31 Å². The number of anilines is 1. The maximum absolute atomic E-state index is 12.4. The van der Waals surface area contributed by atoms with Gasteiger partial charge in [0.15, 0.2) is 0 Å². The van der Waals surface area contributed by atoms with Crippen molar-refractivity contribution in [2.45, 2.75) is 12.8 Å². The Kier molecular flexibility index (Phi) is 5.52. The molecule has 0 aromatic heterocycles. The number of piperidine rings is 1. The maximum Gasteiger partial charge on any atom is 0.281 e. The molecule has 0 unspecified atom stereocenters. The normalized spacial score (nSPS) is 19.2. The summed E-state index contributed by atoms with van der Waals surface area (Å²) in [7, 11) is -0.667. The summed E-state index contributed by atoms with van der Waals surface area (Å²) in [6.45, 7) is 0.475. The number of nitrogens with one attached hydrogen (secondary N) is 1. The quantitative estimate of drug-likeness (QED) is 0.626. The third kappa shape index (κ3) is 4.08. The van der Waals surface area contributed by atoms with Gasteiger partial charge in [-0.15, -0.1) is 0 Å². The molecule has 1 saturated heterocycles. The van der Waals surface area contributed by atoms with Crippen LogP contribution in [0.2, 0.25) is 0 Å². The summed E-state index contributed by atoms with van der Waals surface area (Å²) in [5.74, 6) is -0.832. The van der Waals surface area contributed by atoms with Gasteiger partial charge < -0.3 is 5.32 Å². The second-order valence-corrected chi connectivity index (χ2v) is 7.93. The van der Waals surface area contributed by atoms with Gasteiger partial charge in [-0.25, -0.2) is 0 Å². The molecule has 1 aromatic carbocycles. The van der Waals surface area contributed by atoms with E-state index >= 15 is 0 Å². The van der Waals surface area contributed by atoms with Crippen molar-refractivity contribution in [1.29, 1.82) is 0 Å². The lowest BCUT2D eigenvalue weighted by atomic mass is 9.98. The Morgan fingerprint density at radius 1 is 1.42 bits per heavy atom. The Bertz CT molecular complexity index is 734. The van der Waals surface area contributed by atoms with Crippen molar-refractivity contribution in [3.8, 4) is 0 Å².